The maximum Gasteiger partial charge on any atom is 0.262 e. The second-order valence-electron chi connectivity index (χ2n) is 7.04. The number of para-hydroxylation sites is 1. The molecule has 0 unspecified atom stereocenters. The van der Waals surface area contributed by atoms with Crippen molar-refractivity contribution in [2.45, 2.75) is 6.54 Å². The van der Waals surface area contributed by atoms with E-state index >= 15 is 0 Å². The normalized spacial score (nSPS) is 11.0. The largest absolute Gasteiger partial charge is 0.457 e. The third kappa shape index (κ3) is 3.79. The molecular formula is C23H16ClN5O3. The van der Waals surface area contributed by atoms with Crippen molar-refractivity contribution in [3.8, 4) is 11.5 Å². The fraction of sp³-hybridized carbons (Fsp3) is 0.0435. The van der Waals surface area contributed by atoms with E-state index in [0.717, 1.165) is 5.75 Å². The number of amides is 1. The SMILES string of the molecule is O=C(Cn1c(=O)c2ccc(Cl)cc2n2nncc12)Nc1ccc(Oc2ccccc2)cc1. The second kappa shape index (κ2) is 8.16. The zero-order valence-electron chi connectivity index (χ0n) is 16.6. The minimum atomic E-state index is -0.361. The van der Waals surface area contributed by atoms with Crippen molar-refractivity contribution < 1.29 is 9.53 Å². The Labute approximate surface area is 186 Å². The molecule has 32 heavy (non-hydrogen) atoms. The van der Waals surface area contributed by atoms with Crippen LogP contribution in [0.4, 0.5) is 5.69 Å². The molecule has 0 atom stereocenters. The molecule has 8 nitrogen and oxygen atoms in total. The van der Waals surface area contributed by atoms with Crippen LogP contribution in [0.5, 0.6) is 11.5 Å². The highest BCUT2D eigenvalue weighted by Gasteiger charge is 2.15. The van der Waals surface area contributed by atoms with E-state index in [1.165, 1.54) is 15.3 Å². The number of ether oxygens (including phenoxy) is 1. The minimum absolute atomic E-state index is 0.198. The smallest absolute Gasteiger partial charge is 0.262 e. The summed E-state index contributed by atoms with van der Waals surface area (Å²) >= 11 is 6.07. The first kappa shape index (κ1) is 19.8. The summed E-state index contributed by atoms with van der Waals surface area (Å²) in [5, 5.41) is 11.6. The molecule has 1 amide bonds. The first-order chi connectivity index (χ1) is 15.6. The second-order valence-corrected chi connectivity index (χ2v) is 7.48. The molecule has 0 aliphatic carbocycles. The molecule has 0 aliphatic heterocycles. The Kier molecular flexibility index (Phi) is 5.04. The van der Waals surface area contributed by atoms with Crippen LogP contribution >= 0.6 is 11.6 Å². The van der Waals surface area contributed by atoms with Gasteiger partial charge in [0.2, 0.25) is 5.91 Å². The number of anilines is 1. The molecule has 5 rings (SSSR count). The van der Waals surface area contributed by atoms with E-state index < -0.39 is 0 Å². The fourth-order valence-electron chi connectivity index (χ4n) is 3.42. The predicted octanol–water partition coefficient (Wildman–Crippen LogP) is 4.13. The van der Waals surface area contributed by atoms with Crippen molar-refractivity contribution in [1.29, 1.82) is 0 Å². The molecule has 2 heterocycles. The van der Waals surface area contributed by atoms with E-state index in [0.29, 0.717) is 33.0 Å². The van der Waals surface area contributed by atoms with Gasteiger partial charge in [-0.25, -0.2) is 0 Å². The van der Waals surface area contributed by atoms with Gasteiger partial charge in [-0.05, 0) is 54.6 Å². The van der Waals surface area contributed by atoms with Gasteiger partial charge in [0, 0.05) is 10.7 Å². The van der Waals surface area contributed by atoms with Crippen LogP contribution in [0.1, 0.15) is 0 Å². The number of benzene rings is 3. The van der Waals surface area contributed by atoms with Gasteiger partial charge >= 0.3 is 0 Å². The van der Waals surface area contributed by atoms with E-state index in [-0.39, 0.29) is 18.0 Å². The van der Waals surface area contributed by atoms with Gasteiger partial charge < -0.3 is 10.1 Å². The topological polar surface area (TPSA) is 90.5 Å². The lowest BCUT2D eigenvalue weighted by atomic mass is 10.2. The van der Waals surface area contributed by atoms with Gasteiger partial charge in [0.25, 0.3) is 5.56 Å². The number of nitrogens with zero attached hydrogens (tertiary/aromatic N) is 4. The maximum absolute atomic E-state index is 13.0. The molecule has 9 heteroatoms. The molecule has 2 aromatic heterocycles. The monoisotopic (exact) mass is 445 g/mol. The van der Waals surface area contributed by atoms with Gasteiger partial charge in [-0.1, -0.05) is 35.0 Å². The zero-order chi connectivity index (χ0) is 22.1. The summed E-state index contributed by atoms with van der Waals surface area (Å²) in [6, 6.07) is 21.3. The number of hydrogen-bond donors (Lipinski definition) is 1. The van der Waals surface area contributed by atoms with Gasteiger partial charge in [-0.2, -0.15) is 4.52 Å². The lowest BCUT2D eigenvalue weighted by Gasteiger charge is -2.11. The minimum Gasteiger partial charge on any atom is -0.457 e. The van der Waals surface area contributed by atoms with Crippen LogP contribution in [0.2, 0.25) is 5.02 Å². The van der Waals surface area contributed by atoms with E-state index in [2.05, 4.69) is 15.6 Å². The van der Waals surface area contributed by atoms with Crippen LogP contribution in [0.25, 0.3) is 16.6 Å². The average Bonchev–Trinajstić information content (AvgIpc) is 3.29. The number of carbonyl (C=O) groups excluding carboxylic acids is 1. The Morgan fingerprint density at radius 2 is 1.75 bits per heavy atom. The number of halogens is 1. The summed E-state index contributed by atoms with van der Waals surface area (Å²) in [4.78, 5) is 25.7. The number of carbonyl (C=O) groups is 1. The highest BCUT2D eigenvalue weighted by molar-refractivity contribution is 6.31. The van der Waals surface area contributed by atoms with Crippen molar-refractivity contribution in [1.82, 2.24) is 19.4 Å². The molecule has 0 radical (unpaired) electrons. The molecule has 0 fully saturated rings. The summed E-state index contributed by atoms with van der Waals surface area (Å²) in [5.41, 5.74) is 1.18. The third-order valence-corrected chi connectivity index (χ3v) is 5.13. The number of nitrogens with one attached hydrogen (secondary N) is 1. The molecule has 158 valence electrons. The van der Waals surface area contributed by atoms with E-state index in [1.807, 2.05) is 30.3 Å². The molecule has 0 bridgehead atoms. The van der Waals surface area contributed by atoms with Gasteiger partial charge in [0.05, 0.1) is 17.1 Å². The third-order valence-electron chi connectivity index (χ3n) is 4.89. The van der Waals surface area contributed by atoms with Crippen molar-refractivity contribution in [2.75, 3.05) is 5.32 Å². The molecule has 0 aliphatic rings. The van der Waals surface area contributed by atoms with Crippen molar-refractivity contribution >= 4 is 39.7 Å². The van der Waals surface area contributed by atoms with Crippen LogP contribution in [-0.4, -0.2) is 25.3 Å². The standard InChI is InChI=1S/C23H16ClN5O3/c24-15-6-11-19-20(12-15)29-22(13-25-27-29)28(23(19)31)14-21(30)26-16-7-9-18(10-8-16)32-17-4-2-1-3-5-17/h1-13H,14H2,(H,26,30). The van der Waals surface area contributed by atoms with Gasteiger partial charge in [0.1, 0.15) is 18.0 Å². The lowest BCUT2D eigenvalue weighted by molar-refractivity contribution is -0.116. The Bertz CT molecular complexity index is 1490. The zero-order valence-corrected chi connectivity index (χ0v) is 17.4. The first-order valence-corrected chi connectivity index (χ1v) is 10.1. The molecule has 0 saturated heterocycles. The first-order valence-electron chi connectivity index (χ1n) is 9.74. The number of aromatic nitrogens is 4. The predicted molar refractivity (Wildman–Crippen MR) is 121 cm³/mol. The van der Waals surface area contributed by atoms with Gasteiger partial charge in [-0.3, -0.25) is 14.2 Å². The molecule has 0 saturated carbocycles. The van der Waals surface area contributed by atoms with Gasteiger partial charge in [0.15, 0.2) is 5.65 Å². The van der Waals surface area contributed by atoms with E-state index in [4.69, 9.17) is 16.3 Å². The van der Waals surface area contributed by atoms with Crippen LogP contribution in [0.3, 0.4) is 0 Å². The maximum atomic E-state index is 13.0. The van der Waals surface area contributed by atoms with Crippen LogP contribution < -0.4 is 15.6 Å². The Hall–Kier alpha value is -4.17. The van der Waals surface area contributed by atoms with E-state index in [9.17, 15) is 9.59 Å². The number of rotatable bonds is 5. The summed E-state index contributed by atoms with van der Waals surface area (Å²) in [6.45, 7) is -0.198. The van der Waals surface area contributed by atoms with Crippen molar-refractivity contribution in [3.63, 3.8) is 0 Å². The highest BCUT2D eigenvalue weighted by atomic mass is 35.5. The molecule has 5 aromatic rings. The van der Waals surface area contributed by atoms with Crippen LogP contribution in [0.15, 0.2) is 83.8 Å². The summed E-state index contributed by atoms with van der Waals surface area (Å²) in [6.07, 6.45) is 1.44. The van der Waals surface area contributed by atoms with Crippen LogP contribution in [0, 0.1) is 0 Å². The molecule has 0 spiro atoms. The number of hydrogen-bond acceptors (Lipinski definition) is 5. The molecular weight excluding hydrogens is 430 g/mol. The van der Waals surface area contributed by atoms with Crippen molar-refractivity contribution in [2.24, 2.45) is 0 Å². The van der Waals surface area contributed by atoms with E-state index in [1.54, 1.807) is 42.5 Å². The van der Waals surface area contributed by atoms with Crippen LogP contribution in [-0.2, 0) is 11.3 Å². The quantitative estimate of drug-likeness (QED) is 0.439. The van der Waals surface area contributed by atoms with Gasteiger partial charge in [-0.15, -0.1) is 5.10 Å². The number of fused-ring (bicyclic) bond motifs is 3. The summed E-state index contributed by atoms with van der Waals surface area (Å²) < 4.78 is 8.58. The Morgan fingerprint density at radius 1 is 1.00 bits per heavy atom. The van der Waals surface area contributed by atoms with Crippen molar-refractivity contribution in [3.05, 3.63) is 94.4 Å². The Balaban J connectivity index is 1.37. The molecule has 3 aromatic carbocycles. The summed E-state index contributed by atoms with van der Waals surface area (Å²) in [7, 11) is 0. The Morgan fingerprint density at radius 3 is 2.53 bits per heavy atom. The summed E-state index contributed by atoms with van der Waals surface area (Å²) in [5.74, 6) is 1.01. The average molecular weight is 446 g/mol. The fourth-order valence-corrected chi connectivity index (χ4v) is 3.59. The lowest BCUT2D eigenvalue weighted by Crippen LogP contribution is -2.29. The highest BCUT2D eigenvalue weighted by Crippen LogP contribution is 2.23. The molecule has 1 N–H and O–H groups in total.